The summed E-state index contributed by atoms with van der Waals surface area (Å²) in [5, 5.41) is 9.62. The first-order chi connectivity index (χ1) is 9.47. The smallest absolute Gasteiger partial charge is 0.332 e. The second-order valence-corrected chi connectivity index (χ2v) is 5.27. The van der Waals surface area contributed by atoms with Crippen LogP contribution in [0.4, 0.5) is 11.5 Å². The van der Waals surface area contributed by atoms with E-state index in [1.54, 1.807) is 4.90 Å². The number of anilines is 2. The fraction of sp³-hybridized carbons (Fsp3) is 0.692. The zero-order chi connectivity index (χ0) is 14.9. The SMILES string of the molecule is CCCCn1c(N)c(N2CCC(O)C2)c(=O)n(C)c1=O. The Morgan fingerprint density at radius 3 is 2.65 bits per heavy atom. The fourth-order valence-electron chi connectivity index (χ4n) is 2.54. The van der Waals surface area contributed by atoms with Gasteiger partial charge in [0.1, 0.15) is 11.5 Å². The predicted octanol–water partition coefficient (Wildman–Crippen LogP) is -0.500. The van der Waals surface area contributed by atoms with E-state index < -0.39 is 11.7 Å². The lowest BCUT2D eigenvalue weighted by atomic mass is 10.3. The number of β-amino-alcohol motifs (C(OH)–C–C–N with tert-alkyl or cyclic N) is 1. The van der Waals surface area contributed by atoms with Gasteiger partial charge >= 0.3 is 5.69 Å². The summed E-state index contributed by atoms with van der Waals surface area (Å²) in [5.74, 6) is 0.209. The number of nitrogens with two attached hydrogens (primary N) is 1. The molecule has 1 aliphatic heterocycles. The van der Waals surface area contributed by atoms with Crippen molar-refractivity contribution in [2.45, 2.75) is 38.8 Å². The van der Waals surface area contributed by atoms with Gasteiger partial charge in [-0.1, -0.05) is 13.3 Å². The minimum Gasteiger partial charge on any atom is -0.391 e. The predicted molar refractivity (Wildman–Crippen MR) is 78.1 cm³/mol. The molecule has 112 valence electrons. The van der Waals surface area contributed by atoms with Gasteiger partial charge in [0.25, 0.3) is 5.56 Å². The number of nitrogens with zero attached hydrogens (tertiary/aromatic N) is 3. The van der Waals surface area contributed by atoms with Gasteiger partial charge in [-0.15, -0.1) is 0 Å². The molecule has 0 aliphatic carbocycles. The van der Waals surface area contributed by atoms with Crippen molar-refractivity contribution < 1.29 is 5.11 Å². The molecule has 2 rings (SSSR count). The molecule has 0 saturated carbocycles. The largest absolute Gasteiger partial charge is 0.391 e. The number of hydrogen-bond donors (Lipinski definition) is 2. The second kappa shape index (κ2) is 5.70. The van der Waals surface area contributed by atoms with Crippen LogP contribution in [0.3, 0.4) is 0 Å². The summed E-state index contributed by atoms with van der Waals surface area (Å²) < 4.78 is 2.54. The van der Waals surface area contributed by atoms with E-state index in [9.17, 15) is 14.7 Å². The normalized spacial score (nSPS) is 18.8. The van der Waals surface area contributed by atoms with E-state index in [-0.39, 0.29) is 11.5 Å². The third kappa shape index (κ3) is 2.45. The number of hydrogen-bond acceptors (Lipinski definition) is 5. The lowest BCUT2D eigenvalue weighted by Gasteiger charge is -2.22. The van der Waals surface area contributed by atoms with Crippen molar-refractivity contribution in [3.63, 3.8) is 0 Å². The summed E-state index contributed by atoms with van der Waals surface area (Å²) in [7, 11) is 1.46. The van der Waals surface area contributed by atoms with Crippen LogP contribution in [0.25, 0.3) is 0 Å². The van der Waals surface area contributed by atoms with Crippen molar-refractivity contribution in [2.75, 3.05) is 23.7 Å². The van der Waals surface area contributed by atoms with Crippen LogP contribution in [0, 0.1) is 0 Å². The van der Waals surface area contributed by atoms with Gasteiger partial charge in [-0.3, -0.25) is 13.9 Å². The molecular weight excluding hydrogens is 260 g/mol. The molecule has 1 atom stereocenters. The van der Waals surface area contributed by atoms with Gasteiger partial charge in [0.05, 0.1) is 6.10 Å². The molecule has 7 nitrogen and oxygen atoms in total. The van der Waals surface area contributed by atoms with Crippen LogP contribution in [-0.4, -0.2) is 33.4 Å². The first-order valence-electron chi connectivity index (χ1n) is 6.99. The van der Waals surface area contributed by atoms with E-state index in [1.807, 2.05) is 6.92 Å². The number of aromatic nitrogens is 2. The molecule has 0 radical (unpaired) electrons. The van der Waals surface area contributed by atoms with Gasteiger partial charge in [0.15, 0.2) is 0 Å². The quantitative estimate of drug-likeness (QED) is 0.776. The molecule has 1 aliphatic rings. The first kappa shape index (κ1) is 14.6. The van der Waals surface area contributed by atoms with Crippen molar-refractivity contribution in [2.24, 2.45) is 7.05 Å². The lowest BCUT2D eigenvalue weighted by Crippen LogP contribution is -2.43. The highest BCUT2D eigenvalue weighted by Crippen LogP contribution is 2.22. The van der Waals surface area contributed by atoms with Crippen molar-refractivity contribution in [1.29, 1.82) is 0 Å². The molecule has 0 aromatic carbocycles. The van der Waals surface area contributed by atoms with Crippen LogP contribution in [0.5, 0.6) is 0 Å². The highest BCUT2D eigenvalue weighted by Gasteiger charge is 2.26. The van der Waals surface area contributed by atoms with Crippen molar-refractivity contribution >= 4 is 11.5 Å². The fourth-order valence-corrected chi connectivity index (χ4v) is 2.54. The molecule has 2 heterocycles. The van der Waals surface area contributed by atoms with Crippen molar-refractivity contribution in [1.82, 2.24) is 9.13 Å². The van der Waals surface area contributed by atoms with Gasteiger partial charge in [-0.25, -0.2) is 4.79 Å². The molecule has 1 unspecified atom stereocenters. The zero-order valence-corrected chi connectivity index (χ0v) is 12.0. The molecule has 1 fully saturated rings. The number of aliphatic hydroxyl groups is 1. The maximum absolute atomic E-state index is 12.3. The van der Waals surface area contributed by atoms with Gasteiger partial charge in [0.2, 0.25) is 0 Å². The zero-order valence-electron chi connectivity index (χ0n) is 12.0. The Morgan fingerprint density at radius 1 is 1.40 bits per heavy atom. The third-order valence-corrected chi connectivity index (χ3v) is 3.77. The average Bonchev–Trinajstić information content (AvgIpc) is 2.83. The molecule has 0 spiro atoms. The molecule has 0 amide bonds. The van der Waals surface area contributed by atoms with Crippen LogP contribution >= 0.6 is 0 Å². The third-order valence-electron chi connectivity index (χ3n) is 3.77. The Morgan fingerprint density at radius 2 is 2.10 bits per heavy atom. The lowest BCUT2D eigenvalue weighted by molar-refractivity contribution is 0.198. The van der Waals surface area contributed by atoms with Gasteiger partial charge in [-0.05, 0) is 12.8 Å². The van der Waals surface area contributed by atoms with E-state index in [2.05, 4.69) is 0 Å². The Labute approximate surface area is 117 Å². The van der Waals surface area contributed by atoms with E-state index in [0.717, 1.165) is 17.4 Å². The summed E-state index contributed by atoms with van der Waals surface area (Å²) in [5.41, 5.74) is 5.60. The number of nitrogen functional groups attached to an aromatic ring is 1. The summed E-state index contributed by atoms with van der Waals surface area (Å²) in [6, 6.07) is 0. The molecular formula is C13H22N4O3. The monoisotopic (exact) mass is 282 g/mol. The molecule has 1 aromatic rings. The number of unbranched alkanes of at least 4 members (excludes halogenated alkanes) is 1. The van der Waals surface area contributed by atoms with Crippen LogP contribution in [0.15, 0.2) is 9.59 Å². The van der Waals surface area contributed by atoms with Crippen LogP contribution in [0.2, 0.25) is 0 Å². The molecule has 1 saturated heterocycles. The molecule has 20 heavy (non-hydrogen) atoms. The van der Waals surface area contributed by atoms with E-state index in [4.69, 9.17) is 5.73 Å². The maximum atomic E-state index is 12.3. The van der Waals surface area contributed by atoms with Crippen molar-refractivity contribution in [3.05, 3.63) is 20.8 Å². The summed E-state index contributed by atoms with van der Waals surface area (Å²) >= 11 is 0. The highest BCUT2D eigenvalue weighted by atomic mass is 16.3. The van der Waals surface area contributed by atoms with Gasteiger partial charge < -0.3 is 15.7 Å². The highest BCUT2D eigenvalue weighted by molar-refractivity contribution is 5.63. The van der Waals surface area contributed by atoms with E-state index in [1.165, 1.54) is 11.6 Å². The number of rotatable bonds is 4. The minimum absolute atomic E-state index is 0.209. The molecule has 3 N–H and O–H groups in total. The molecule has 0 bridgehead atoms. The Kier molecular flexibility index (Phi) is 4.17. The summed E-state index contributed by atoms with van der Waals surface area (Å²) in [6.45, 7) is 3.48. The standard InChI is InChI=1S/C13H22N4O3/c1-3-4-6-17-11(14)10(12(19)15(2)13(17)20)16-7-5-9(18)8-16/h9,18H,3-8,14H2,1-2H3. The summed E-state index contributed by atoms with van der Waals surface area (Å²) in [6.07, 6.45) is 1.92. The van der Waals surface area contributed by atoms with E-state index in [0.29, 0.717) is 31.7 Å². The topological polar surface area (TPSA) is 93.5 Å². The molecule has 7 heteroatoms. The minimum atomic E-state index is -0.449. The number of aliphatic hydroxyl groups excluding tert-OH is 1. The molecule has 1 aromatic heterocycles. The Hall–Kier alpha value is -1.76. The first-order valence-corrected chi connectivity index (χ1v) is 6.99. The maximum Gasteiger partial charge on any atom is 0.332 e. The summed E-state index contributed by atoms with van der Waals surface area (Å²) in [4.78, 5) is 26.2. The second-order valence-electron chi connectivity index (χ2n) is 5.27. The van der Waals surface area contributed by atoms with E-state index >= 15 is 0 Å². The Balaban J connectivity index is 2.53. The van der Waals surface area contributed by atoms with Crippen LogP contribution in [0.1, 0.15) is 26.2 Å². The van der Waals surface area contributed by atoms with Crippen LogP contribution < -0.4 is 21.9 Å². The Bertz CT molecular complexity index is 605. The van der Waals surface area contributed by atoms with Gasteiger partial charge in [0, 0.05) is 26.7 Å². The average molecular weight is 282 g/mol. The van der Waals surface area contributed by atoms with Crippen LogP contribution in [-0.2, 0) is 13.6 Å². The van der Waals surface area contributed by atoms with Gasteiger partial charge in [-0.2, -0.15) is 0 Å². The van der Waals surface area contributed by atoms with Crippen molar-refractivity contribution in [3.8, 4) is 0 Å².